The molecule has 3 aliphatic rings. The van der Waals surface area contributed by atoms with E-state index in [4.69, 9.17) is 4.74 Å². The fraction of sp³-hybridized carbons (Fsp3) is 0.933. The highest BCUT2D eigenvalue weighted by Crippen LogP contribution is 2.58. The number of piperidine rings is 1. The molecule has 1 amide bonds. The Hall–Kier alpha value is -0.650. The first-order valence-electron chi connectivity index (χ1n) is 8.01. The Bertz CT molecular complexity index is 349. The van der Waals surface area contributed by atoms with Crippen molar-refractivity contribution in [3.63, 3.8) is 0 Å². The minimum atomic E-state index is 0.279. The highest BCUT2D eigenvalue weighted by Gasteiger charge is 2.57. The number of carbonyl (C=O) groups is 1. The predicted octanol–water partition coefficient (Wildman–Crippen LogP) is 0.213. The van der Waals surface area contributed by atoms with Crippen LogP contribution in [0.15, 0.2) is 0 Å². The molecular formula is C15H27N3O2. The van der Waals surface area contributed by atoms with Gasteiger partial charge in [0.1, 0.15) is 0 Å². The summed E-state index contributed by atoms with van der Waals surface area (Å²) in [5.74, 6) is 0.563. The molecule has 5 heteroatoms. The molecule has 1 aliphatic carbocycles. The minimum absolute atomic E-state index is 0.279. The number of ether oxygens (including phenoxy) is 1. The van der Waals surface area contributed by atoms with E-state index in [0.29, 0.717) is 11.5 Å². The van der Waals surface area contributed by atoms with Crippen molar-refractivity contribution in [2.24, 2.45) is 11.3 Å². The zero-order valence-corrected chi connectivity index (χ0v) is 12.5. The second kappa shape index (κ2) is 6.00. The summed E-state index contributed by atoms with van der Waals surface area (Å²) in [6.45, 7) is 8.71. The summed E-state index contributed by atoms with van der Waals surface area (Å²) in [6.07, 6.45) is 3.45. The molecule has 0 aromatic heterocycles. The number of nitrogens with one attached hydrogen (secondary N) is 2. The highest BCUT2D eigenvalue weighted by atomic mass is 16.5. The van der Waals surface area contributed by atoms with Crippen molar-refractivity contribution in [3.05, 3.63) is 0 Å². The van der Waals surface area contributed by atoms with Crippen molar-refractivity contribution >= 4 is 5.91 Å². The second-order valence-corrected chi connectivity index (χ2v) is 6.61. The summed E-state index contributed by atoms with van der Waals surface area (Å²) in [7, 11) is 0. The van der Waals surface area contributed by atoms with Crippen molar-refractivity contribution in [1.82, 2.24) is 15.5 Å². The summed E-state index contributed by atoms with van der Waals surface area (Å²) in [4.78, 5) is 14.7. The van der Waals surface area contributed by atoms with Gasteiger partial charge in [0.25, 0.3) is 0 Å². The molecule has 3 fully saturated rings. The number of hydrogen-bond donors (Lipinski definition) is 2. The van der Waals surface area contributed by atoms with Crippen LogP contribution in [0.3, 0.4) is 0 Å². The third-order valence-electron chi connectivity index (χ3n) is 5.35. The quantitative estimate of drug-likeness (QED) is 0.774. The Morgan fingerprint density at radius 3 is 2.80 bits per heavy atom. The van der Waals surface area contributed by atoms with Crippen LogP contribution in [0.1, 0.15) is 26.2 Å². The van der Waals surface area contributed by atoms with Crippen LogP contribution >= 0.6 is 0 Å². The van der Waals surface area contributed by atoms with Gasteiger partial charge in [0, 0.05) is 31.6 Å². The smallest absolute Gasteiger partial charge is 0.223 e. The Morgan fingerprint density at radius 1 is 1.40 bits per heavy atom. The fourth-order valence-corrected chi connectivity index (χ4v) is 3.71. The van der Waals surface area contributed by atoms with Crippen molar-refractivity contribution in [2.75, 3.05) is 45.9 Å². The topological polar surface area (TPSA) is 53.6 Å². The molecule has 1 saturated carbocycles. The normalized spacial score (nSPS) is 30.9. The number of morpholine rings is 1. The van der Waals surface area contributed by atoms with Gasteiger partial charge in [-0.15, -0.1) is 0 Å². The number of hydrogen-bond acceptors (Lipinski definition) is 4. The van der Waals surface area contributed by atoms with E-state index in [1.807, 2.05) is 0 Å². The third-order valence-corrected chi connectivity index (χ3v) is 5.35. The van der Waals surface area contributed by atoms with Crippen molar-refractivity contribution in [1.29, 1.82) is 0 Å². The van der Waals surface area contributed by atoms with Gasteiger partial charge in [0.2, 0.25) is 5.91 Å². The van der Waals surface area contributed by atoms with E-state index in [1.165, 1.54) is 12.8 Å². The van der Waals surface area contributed by atoms with Gasteiger partial charge in [-0.25, -0.2) is 0 Å². The summed E-state index contributed by atoms with van der Waals surface area (Å²) in [5.41, 5.74) is 0.345. The summed E-state index contributed by atoms with van der Waals surface area (Å²) >= 11 is 0. The van der Waals surface area contributed by atoms with Crippen LogP contribution in [0.5, 0.6) is 0 Å². The summed E-state index contributed by atoms with van der Waals surface area (Å²) in [5, 5.41) is 6.55. The largest absolute Gasteiger partial charge is 0.379 e. The molecule has 2 atom stereocenters. The van der Waals surface area contributed by atoms with E-state index in [-0.39, 0.29) is 11.8 Å². The molecule has 1 spiro atoms. The van der Waals surface area contributed by atoms with Crippen LogP contribution in [0.2, 0.25) is 0 Å². The van der Waals surface area contributed by atoms with Gasteiger partial charge in [-0.3, -0.25) is 9.69 Å². The van der Waals surface area contributed by atoms with Gasteiger partial charge in [-0.05, 0) is 44.7 Å². The average molecular weight is 281 g/mol. The van der Waals surface area contributed by atoms with Crippen LogP contribution in [-0.2, 0) is 9.53 Å². The van der Waals surface area contributed by atoms with Gasteiger partial charge >= 0.3 is 0 Å². The van der Waals surface area contributed by atoms with E-state index < -0.39 is 0 Å². The van der Waals surface area contributed by atoms with Crippen LogP contribution in [0.25, 0.3) is 0 Å². The van der Waals surface area contributed by atoms with E-state index in [0.717, 1.165) is 52.4 Å². The van der Waals surface area contributed by atoms with Gasteiger partial charge in [0.15, 0.2) is 0 Å². The number of rotatable bonds is 4. The summed E-state index contributed by atoms with van der Waals surface area (Å²) in [6, 6.07) is 0.408. The molecule has 2 N–H and O–H groups in total. The van der Waals surface area contributed by atoms with E-state index in [1.54, 1.807) is 0 Å². The van der Waals surface area contributed by atoms with Crippen LogP contribution < -0.4 is 10.6 Å². The van der Waals surface area contributed by atoms with E-state index >= 15 is 0 Å². The average Bonchev–Trinajstić information content (AvgIpc) is 3.19. The monoisotopic (exact) mass is 281 g/mol. The molecule has 2 saturated heterocycles. The molecule has 0 bridgehead atoms. The minimum Gasteiger partial charge on any atom is -0.379 e. The maximum Gasteiger partial charge on any atom is 0.223 e. The van der Waals surface area contributed by atoms with Gasteiger partial charge in [-0.1, -0.05) is 0 Å². The molecule has 0 radical (unpaired) electrons. The lowest BCUT2D eigenvalue weighted by Gasteiger charge is -2.32. The Morgan fingerprint density at radius 2 is 2.10 bits per heavy atom. The van der Waals surface area contributed by atoms with Crippen molar-refractivity contribution in [3.8, 4) is 0 Å². The third kappa shape index (κ3) is 3.00. The second-order valence-electron chi connectivity index (χ2n) is 6.61. The molecule has 2 unspecified atom stereocenters. The first kappa shape index (κ1) is 14.3. The lowest BCUT2D eigenvalue weighted by Crippen LogP contribution is -2.47. The standard InChI is InChI=1S/C15H27N3O2/c1-12(18-6-8-20-9-7-18)11-17-14(19)13-10-15(13)2-4-16-5-3-15/h12-13,16H,2-11H2,1H3,(H,17,19). The highest BCUT2D eigenvalue weighted by molar-refractivity contribution is 5.82. The lowest BCUT2D eigenvalue weighted by molar-refractivity contribution is -0.123. The Balaban J connectivity index is 1.41. The number of carbonyl (C=O) groups excluding carboxylic acids is 1. The first-order valence-corrected chi connectivity index (χ1v) is 8.01. The predicted molar refractivity (Wildman–Crippen MR) is 77.5 cm³/mol. The van der Waals surface area contributed by atoms with Crippen molar-refractivity contribution in [2.45, 2.75) is 32.2 Å². The van der Waals surface area contributed by atoms with Crippen LogP contribution in [-0.4, -0.2) is 62.8 Å². The molecule has 0 aromatic carbocycles. The molecule has 0 aromatic rings. The maximum atomic E-state index is 12.3. The molecule has 3 rings (SSSR count). The fourth-order valence-electron chi connectivity index (χ4n) is 3.71. The van der Waals surface area contributed by atoms with Crippen LogP contribution in [0, 0.1) is 11.3 Å². The molecule has 20 heavy (non-hydrogen) atoms. The SMILES string of the molecule is CC(CNC(=O)C1CC12CCNCC2)N1CCOCC1. The van der Waals surface area contributed by atoms with E-state index in [9.17, 15) is 4.79 Å². The van der Waals surface area contributed by atoms with E-state index in [2.05, 4.69) is 22.5 Å². The lowest BCUT2D eigenvalue weighted by atomic mass is 9.92. The molecule has 114 valence electrons. The maximum absolute atomic E-state index is 12.3. The number of nitrogens with zero attached hydrogens (tertiary/aromatic N) is 1. The first-order chi connectivity index (χ1) is 9.71. The molecule has 2 aliphatic heterocycles. The Kier molecular flexibility index (Phi) is 4.29. The number of amides is 1. The zero-order chi connectivity index (χ0) is 14.0. The molecule has 2 heterocycles. The van der Waals surface area contributed by atoms with Gasteiger partial charge < -0.3 is 15.4 Å². The molecule has 5 nitrogen and oxygen atoms in total. The van der Waals surface area contributed by atoms with Gasteiger partial charge in [0.05, 0.1) is 13.2 Å². The van der Waals surface area contributed by atoms with Gasteiger partial charge in [-0.2, -0.15) is 0 Å². The molecular weight excluding hydrogens is 254 g/mol. The Labute approximate surface area is 121 Å². The zero-order valence-electron chi connectivity index (χ0n) is 12.5. The van der Waals surface area contributed by atoms with Crippen molar-refractivity contribution < 1.29 is 9.53 Å². The van der Waals surface area contributed by atoms with Crippen LogP contribution in [0.4, 0.5) is 0 Å². The summed E-state index contributed by atoms with van der Waals surface area (Å²) < 4.78 is 5.36.